The van der Waals surface area contributed by atoms with E-state index in [1.807, 2.05) is 0 Å². The van der Waals surface area contributed by atoms with Crippen molar-refractivity contribution in [2.75, 3.05) is 0 Å². The number of halogens is 3. The van der Waals surface area contributed by atoms with Crippen LogP contribution in [0.2, 0.25) is 0 Å². The summed E-state index contributed by atoms with van der Waals surface area (Å²) in [5.41, 5.74) is 5.97. The number of benzene rings is 1. The van der Waals surface area contributed by atoms with Gasteiger partial charge in [0, 0.05) is 11.0 Å². The fourth-order valence-corrected chi connectivity index (χ4v) is 1.75. The van der Waals surface area contributed by atoms with Crippen molar-refractivity contribution < 1.29 is 16.5 Å². The maximum atomic E-state index is 12.1. The van der Waals surface area contributed by atoms with Crippen molar-refractivity contribution in [3.63, 3.8) is 0 Å². The Balaban J connectivity index is 0.00000196. The summed E-state index contributed by atoms with van der Waals surface area (Å²) in [4.78, 5) is 0. The minimum Gasteiger partial charge on any atom is -0.358 e. The first-order valence-electron chi connectivity index (χ1n) is 3.54. The van der Waals surface area contributed by atoms with Crippen molar-refractivity contribution in [3.8, 4) is 5.75 Å². The zero-order valence-corrected chi connectivity index (χ0v) is 10.5. The smallest absolute Gasteiger partial charge is 0.358 e. The molecule has 0 aromatic heterocycles. The topological polar surface area (TPSA) is 69.4 Å². The lowest BCUT2D eigenvalue weighted by molar-refractivity contribution is 0.440. The molecular weight excluding hydrogens is 313 g/mol. The summed E-state index contributed by atoms with van der Waals surface area (Å²) < 4.78 is 37.1. The molecule has 0 spiro atoms. The second-order valence-electron chi connectivity index (χ2n) is 2.48. The summed E-state index contributed by atoms with van der Waals surface area (Å²) in [5.74, 6) is -0.109. The summed E-state index contributed by atoms with van der Waals surface area (Å²) in [5, 5.41) is 0. The second kappa shape index (κ2) is 5.64. The SMILES string of the molecule is Cl.NCc1cc(Br)cc(OS(=O)(=O)F)c1. The molecule has 0 aliphatic carbocycles. The van der Waals surface area contributed by atoms with E-state index in [1.54, 1.807) is 6.07 Å². The first-order valence-corrected chi connectivity index (χ1v) is 5.64. The van der Waals surface area contributed by atoms with Gasteiger partial charge in [0.1, 0.15) is 5.75 Å². The summed E-state index contributed by atoms with van der Waals surface area (Å²) in [6, 6.07) is 4.36. The van der Waals surface area contributed by atoms with E-state index in [9.17, 15) is 12.3 Å². The van der Waals surface area contributed by atoms with Crippen LogP contribution >= 0.6 is 28.3 Å². The van der Waals surface area contributed by atoms with Crippen LogP contribution < -0.4 is 9.92 Å². The van der Waals surface area contributed by atoms with Crippen molar-refractivity contribution in [2.45, 2.75) is 6.54 Å². The summed E-state index contributed by atoms with van der Waals surface area (Å²) in [6.45, 7) is 0.210. The fraction of sp³-hybridized carbons (Fsp3) is 0.143. The molecule has 0 aliphatic rings. The molecular formula is C7H8BrClFNO3S. The third-order valence-electron chi connectivity index (χ3n) is 1.36. The van der Waals surface area contributed by atoms with Crippen molar-refractivity contribution in [1.82, 2.24) is 0 Å². The molecule has 0 atom stereocenters. The Morgan fingerprint density at radius 1 is 1.40 bits per heavy atom. The van der Waals surface area contributed by atoms with Gasteiger partial charge < -0.3 is 9.92 Å². The Morgan fingerprint density at radius 2 is 2.00 bits per heavy atom. The van der Waals surface area contributed by atoms with Gasteiger partial charge in [-0.15, -0.1) is 12.4 Å². The van der Waals surface area contributed by atoms with Crippen LogP contribution in [0.5, 0.6) is 5.75 Å². The van der Waals surface area contributed by atoms with Gasteiger partial charge in [-0.05, 0) is 23.8 Å². The van der Waals surface area contributed by atoms with Crippen LogP contribution in [0.3, 0.4) is 0 Å². The normalized spacial score (nSPS) is 10.6. The molecule has 0 fully saturated rings. The molecule has 0 amide bonds. The third-order valence-corrected chi connectivity index (χ3v) is 2.21. The molecule has 1 aromatic rings. The molecule has 8 heteroatoms. The lowest BCUT2D eigenvalue weighted by Gasteiger charge is -2.03. The number of hydrogen-bond donors (Lipinski definition) is 1. The first kappa shape index (κ1) is 14.6. The second-order valence-corrected chi connectivity index (χ2v) is 4.34. The van der Waals surface area contributed by atoms with Gasteiger partial charge in [-0.1, -0.05) is 19.8 Å². The molecule has 4 nitrogen and oxygen atoms in total. The Hall–Kier alpha value is -0.370. The third kappa shape index (κ3) is 5.31. The van der Waals surface area contributed by atoms with E-state index in [1.165, 1.54) is 12.1 Å². The fourth-order valence-electron chi connectivity index (χ4n) is 0.902. The van der Waals surface area contributed by atoms with Gasteiger partial charge in [-0.3, -0.25) is 0 Å². The van der Waals surface area contributed by atoms with E-state index in [0.29, 0.717) is 10.0 Å². The van der Waals surface area contributed by atoms with Crippen LogP contribution in [0.1, 0.15) is 5.56 Å². The molecule has 86 valence electrons. The molecule has 1 rings (SSSR count). The van der Waals surface area contributed by atoms with Crippen LogP contribution in [0.25, 0.3) is 0 Å². The summed E-state index contributed by atoms with van der Waals surface area (Å²) in [6.07, 6.45) is 0. The van der Waals surface area contributed by atoms with Gasteiger partial charge in [-0.2, -0.15) is 8.42 Å². The van der Waals surface area contributed by atoms with E-state index >= 15 is 0 Å². The summed E-state index contributed by atoms with van der Waals surface area (Å²) >= 11 is 3.11. The molecule has 0 radical (unpaired) electrons. The maximum absolute atomic E-state index is 12.1. The molecule has 0 heterocycles. The van der Waals surface area contributed by atoms with Crippen molar-refractivity contribution in [2.24, 2.45) is 5.73 Å². The molecule has 1 aromatic carbocycles. The monoisotopic (exact) mass is 319 g/mol. The average molecular weight is 321 g/mol. The number of nitrogens with two attached hydrogens (primary N) is 1. The highest BCUT2D eigenvalue weighted by Crippen LogP contribution is 2.22. The highest BCUT2D eigenvalue weighted by atomic mass is 79.9. The van der Waals surface area contributed by atoms with Gasteiger partial charge >= 0.3 is 10.5 Å². The number of rotatable bonds is 3. The van der Waals surface area contributed by atoms with Gasteiger partial charge in [0.2, 0.25) is 0 Å². The van der Waals surface area contributed by atoms with Crippen molar-refractivity contribution in [1.29, 1.82) is 0 Å². The average Bonchev–Trinajstić information content (AvgIpc) is 1.99. The molecule has 0 aliphatic heterocycles. The predicted molar refractivity (Wildman–Crippen MR) is 59.9 cm³/mol. The van der Waals surface area contributed by atoms with Crippen molar-refractivity contribution in [3.05, 3.63) is 28.2 Å². The van der Waals surface area contributed by atoms with E-state index in [0.717, 1.165) is 0 Å². The van der Waals surface area contributed by atoms with Gasteiger partial charge in [-0.25, -0.2) is 0 Å². The molecule has 0 saturated heterocycles. The quantitative estimate of drug-likeness (QED) is 0.864. The zero-order valence-electron chi connectivity index (χ0n) is 7.31. The molecule has 0 bridgehead atoms. The molecule has 15 heavy (non-hydrogen) atoms. The molecule has 2 N–H and O–H groups in total. The van der Waals surface area contributed by atoms with E-state index in [4.69, 9.17) is 5.73 Å². The van der Waals surface area contributed by atoms with Crippen LogP contribution in [0.15, 0.2) is 22.7 Å². The minimum absolute atomic E-state index is 0. The van der Waals surface area contributed by atoms with E-state index in [-0.39, 0.29) is 24.7 Å². The van der Waals surface area contributed by atoms with Crippen LogP contribution in [0.4, 0.5) is 3.89 Å². The van der Waals surface area contributed by atoms with Crippen molar-refractivity contribution >= 4 is 38.8 Å². The highest BCUT2D eigenvalue weighted by molar-refractivity contribution is 9.10. The lowest BCUT2D eigenvalue weighted by atomic mass is 10.2. The lowest BCUT2D eigenvalue weighted by Crippen LogP contribution is -2.03. The largest absolute Gasteiger partial charge is 0.488 e. The van der Waals surface area contributed by atoms with Crippen LogP contribution in [0, 0.1) is 0 Å². The van der Waals surface area contributed by atoms with Gasteiger partial charge in [0.25, 0.3) is 0 Å². The number of hydrogen-bond acceptors (Lipinski definition) is 4. The predicted octanol–water partition coefficient (Wildman–Crippen LogP) is 1.92. The van der Waals surface area contributed by atoms with Crippen LogP contribution in [-0.4, -0.2) is 8.42 Å². The maximum Gasteiger partial charge on any atom is 0.488 e. The Kier molecular flexibility index (Phi) is 5.50. The van der Waals surface area contributed by atoms with Crippen LogP contribution in [-0.2, 0) is 17.0 Å². The Labute approximate surface area is 102 Å². The Morgan fingerprint density at radius 3 is 2.47 bits per heavy atom. The van der Waals surface area contributed by atoms with E-state index in [2.05, 4.69) is 20.1 Å². The van der Waals surface area contributed by atoms with E-state index < -0.39 is 10.5 Å². The molecule has 0 unspecified atom stereocenters. The standard InChI is InChI=1S/C7H7BrFNO3S.ClH/c8-6-1-5(4-10)2-7(3-6)13-14(9,11)12;/h1-3H,4,10H2;1H. The summed E-state index contributed by atoms with van der Waals surface area (Å²) in [7, 11) is -4.98. The zero-order chi connectivity index (χ0) is 10.8. The molecule has 0 saturated carbocycles. The van der Waals surface area contributed by atoms with Gasteiger partial charge in [0.05, 0.1) is 0 Å². The minimum atomic E-state index is -4.98. The first-order chi connectivity index (χ1) is 6.40. The van der Waals surface area contributed by atoms with Gasteiger partial charge in [0.15, 0.2) is 0 Å². The Bertz CT molecular complexity index is 440. The highest BCUT2D eigenvalue weighted by Gasteiger charge is 2.10.